The van der Waals surface area contributed by atoms with Crippen molar-refractivity contribution < 1.29 is 9.90 Å². The molecule has 0 fully saturated rings. The average molecular weight is 320 g/mol. The van der Waals surface area contributed by atoms with Crippen LogP contribution in [0.1, 0.15) is 54.9 Å². The summed E-state index contributed by atoms with van der Waals surface area (Å²) in [4.78, 5) is 25.8. The van der Waals surface area contributed by atoms with Crippen molar-refractivity contribution in [3.05, 3.63) is 34.0 Å². The Kier molecular flexibility index (Phi) is 4.46. The van der Waals surface area contributed by atoms with E-state index in [4.69, 9.17) is 10.1 Å². The van der Waals surface area contributed by atoms with Crippen LogP contribution in [0.2, 0.25) is 0 Å². The molecule has 2 aromatic heterocycles. The largest absolute Gasteiger partial charge is 0.477 e. The van der Waals surface area contributed by atoms with Gasteiger partial charge >= 0.3 is 5.97 Å². The highest BCUT2D eigenvalue weighted by molar-refractivity contribution is 7.09. The van der Waals surface area contributed by atoms with Gasteiger partial charge in [-0.05, 0) is 13.0 Å². The Morgan fingerprint density at radius 3 is 2.59 bits per heavy atom. The van der Waals surface area contributed by atoms with Crippen LogP contribution in [0.4, 0.5) is 5.95 Å². The number of thiazole rings is 1. The summed E-state index contributed by atoms with van der Waals surface area (Å²) in [6, 6.07) is 1.34. The van der Waals surface area contributed by atoms with E-state index in [-0.39, 0.29) is 17.2 Å². The van der Waals surface area contributed by atoms with E-state index in [1.807, 2.05) is 18.9 Å². The van der Waals surface area contributed by atoms with Gasteiger partial charge in [0, 0.05) is 24.0 Å². The molecule has 7 heteroatoms. The van der Waals surface area contributed by atoms with Crippen molar-refractivity contribution in [2.45, 2.75) is 39.2 Å². The minimum absolute atomic E-state index is 0.00671. The van der Waals surface area contributed by atoms with Gasteiger partial charge in [-0.25, -0.2) is 19.7 Å². The van der Waals surface area contributed by atoms with Crippen molar-refractivity contribution >= 4 is 23.3 Å². The van der Waals surface area contributed by atoms with Gasteiger partial charge in [-0.2, -0.15) is 0 Å². The number of carbonyl (C=O) groups is 1. The maximum atomic E-state index is 11.0. The van der Waals surface area contributed by atoms with Crippen LogP contribution in [-0.4, -0.2) is 33.1 Å². The molecule has 1 N–H and O–H groups in total. The average Bonchev–Trinajstić information content (AvgIpc) is 2.95. The van der Waals surface area contributed by atoms with Gasteiger partial charge in [0.25, 0.3) is 0 Å². The Morgan fingerprint density at radius 1 is 1.36 bits per heavy atom. The van der Waals surface area contributed by atoms with E-state index >= 15 is 0 Å². The molecule has 0 aliphatic carbocycles. The molecule has 0 aliphatic heterocycles. The van der Waals surface area contributed by atoms with E-state index in [1.54, 1.807) is 11.3 Å². The number of rotatable bonds is 4. The summed E-state index contributed by atoms with van der Waals surface area (Å²) in [5.74, 6) is -0.686. The minimum atomic E-state index is -1.06. The Hall–Kier alpha value is -2.02. The molecule has 0 radical (unpaired) electrons. The molecule has 0 saturated carbocycles. The molecular weight excluding hydrogens is 300 g/mol. The van der Waals surface area contributed by atoms with Gasteiger partial charge in [-0.1, -0.05) is 20.8 Å². The number of aromatic nitrogens is 3. The maximum Gasteiger partial charge on any atom is 0.354 e. The first-order chi connectivity index (χ1) is 10.2. The molecule has 0 bridgehead atoms. The molecule has 6 nitrogen and oxygen atoms in total. The normalized spacial score (nSPS) is 13.0. The summed E-state index contributed by atoms with van der Waals surface area (Å²) in [5, 5.41) is 12.0. The topological polar surface area (TPSA) is 79.2 Å². The van der Waals surface area contributed by atoms with Crippen LogP contribution >= 0.6 is 11.3 Å². The molecule has 0 spiro atoms. The van der Waals surface area contributed by atoms with Gasteiger partial charge in [-0.15, -0.1) is 11.3 Å². The van der Waals surface area contributed by atoms with E-state index < -0.39 is 5.97 Å². The molecule has 0 aromatic carbocycles. The number of aromatic carboxylic acids is 1. The summed E-state index contributed by atoms with van der Waals surface area (Å²) in [7, 11) is 1.84. The zero-order valence-corrected chi connectivity index (χ0v) is 14.2. The first-order valence-electron chi connectivity index (χ1n) is 6.95. The van der Waals surface area contributed by atoms with Gasteiger partial charge < -0.3 is 10.0 Å². The summed E-state index contributed by atoms with van der Waals surface area (Å²) in [6.45, 7) is 8.38. The number of nitrogens with zero attached hydrogens (tertiary/aromatic N) is 4. The second kappa shape index (κ2) is 6.00. The molecule has 2 heterocycles. The van der Waals surface area contributed by atoms with Crippen molar-refractivity contribution in [2.24, 2.45) is 0 Å². The van der Waals surface area contributed by atoms with Gasteiger partial charge in [-0.3, -0.25) is 0 Å². The first-order valence-corrected chi connectivity index (χ1v) is 7.83. The minimum Gasteiger partial charge on any atom is -0.477 e. The van der Waals surface area contributed by atoms with Crippen LogP contribution < -0.4 is 4.90 Å². The van der Waals surface area contributed by atoms with Crippen LogP contribution in [0.3, 0.4) is 0 Å². The van der Waals surface area contributed by atoms with E-state index in [0.29, 0.717) is 5.95 Å². The highest BCUT2D eigenvalue weighted by Crippen LogP contribution is 2.29. The fourth-order valence-electron chi connectivity index (χ4n) is 1.80. The lowest BCUT2D eigenvalue weighted by atomic mass is 9.93. The van der Waals surface area contributed by atoms with E-state index in [2.05, 4.69) is 36.1 Å². The molecule has 2 aromatic rings. The van der Waals surface area contributed by atoms with Gasteiger partial charge in [0.15, 0.2) is 5.69 Å². The molecular formula is C15H20N4O2S. The molecule has 1 atom stereocenters. The lowest BCUT2D eigenvalue weighted by Crippen LogP contribution is -2.24. The molecule has 2 rings (SSSR count). The number of hydrogen-bond donors (Lipinski definition) is 1. The summed E-state index contributed by atoms with van der Waals surface area (Å²) in [5.41, 5.74) is 1.04. The Morgan fingerprint density at radius 2 is 2.05 bits per heavy atom. The summed E-state index contributed by atoms with van der Waals surface area (Å²) < 4.78 is 0. The van der Waals surface area contributed by atoms with Crippen LogP contribution in [-0.2, 0) is 5.41 Å². The third-order valence-electron chi connectivity index (χ3n) is 3.41. The lowest BCUT2D eigenvalue weighted by Gasteiger charge is -2.23. The molecule has 1 unspecified atom stereocenters. The maximum absolute atomic E-state index is 11.0. The molecule has 22 heavy (non-hydrogen) atoms. The number of carboxylic acid groups (broad SMARTS) is 1. The zero-order valence-electron chi connectivity index (χ0n) is 13.4. The van der Waals surface area contributed by atoms with E-state index in [9.17, 15) is 4.79 Å². The van der Waals surface area contributed by atoms with Crippen molar-refractivity contribution in [1.29, 1.82) is 0 Å². The molecule has 0 amide bonds. The second-order valence-corrected chi connectivity index (χ2v) is 7.04. The second-order valence-electron chi connectivity index (χ2n) is 6.15. The van der Waals surface area contributed by atoms with Crippen LogP contribution in [0.25, 0.3) is 0 Å². The van der Waals surface area contributed by atoms with Gasteiger partial charge in [0.05, 0.1) is 11.7 Å². The third-order valence-corrected chi connectivity index (χ3v) is 4.42. The smallest absolute Gasteiger partial charge is 0.354 e. The fourth-order valence-corrected chi connectivity index (χ4v) is 2.95. The quantitative estimate of drug-likeness (QED) is 0.932. The predicted molar refractivity (Wildman–Crippen MR) is 86.6 cm³/mol. The standard InChI is InChI=1S/C15H20N4O2S/c1-9(12-18-11(8-22-12)15(2,3)4)19(5)14-16-7-6-10(17-14)13(20)21/h6-9H,1-5H3,(H,20,21). The number of carboxylic acids is 1. The third kappa shape index (κ3) is 3.41. The van der Waals surface area contributed by atoms with Crippen molar-refractivity contribution in [2.75, 3.05) is 11.9 Å². The molecule has 0 saturated heterocycles. The number of anilines is 1. The van der Waals surface area contributed by atoms with Crippen molar-refractivity contribution in [3.63, 3.8) is 0 Å². The molecule has 0 aliphatic rings. The van der Waals surface area contributed by atoms with Crippen molar-refractivity contribution in [3.8, 4) is 0 Å². The monoisotopic (exact) mass is 320 g/mol. The predicted octanol–water partition coefficient (Wildman–Crippen LogP) is 3.13. The first kappa shape index (κ1) is 16.4. The Labute approximate surface area is 133 Å². The lowest BCUT2D eigenvalue weighted by molar-refractivity contribution is 0.0690. The zero-order chi connectivity index (χ0) is 16.5. The Balaban J connectivity index is 2.25. The van der Waals surface area contributed by atoms with Crippen molar-refractivity contribution in [1.82, 2.24) is 15.0 Å². The van der Waals surface area contributed by atoms with Crippen LogP contribution in [0.5, 0.6) is 0 Å². The van der Waals surface area contributed by atoms with Crippen LogP contribution in [0, 0.1) is 0 Å². The molecule has 118 valence electrons. The van der Waals surface area contributed by atoms with Gasteiger partial charge in [0.1, 0.15) is 5.01 Å². The van der Waals surface area contributed by atoms with Crippen LogP contribution in [0.15, 0.2) is 17.6 Å². The SMILES string of the molecule is CC(c1nc(C(C)(C)C)cs1)N(C)c1nccc(C(=O)O)n1. The van der Waals surface area contributed by atoms with Gasteiger partial charge in [0.2, 0.25) is 5.95 Å². The van der Waals surface area contributed by atoms with E-state index in [0.717, 1.165) is 10.7 Å². The Bertz CT molecular complexity index is 678. The fraction of sp³-hybridized carbons (Fsp3) is 0.467. The highest BCUT2D eigenvalue weighted by Gasteiger charge is 2.22. The number of hydrogen-bond acceptors (Lipinski definition) is 6. The highest BCUT2D eigenvalue weighted by atomic mass is 32.1. The van der Waals surface area contributed by atoms with E-state index in [1.165, 1.54) is 12.3 Å². The summed E-state index contributed by atoms with van der Waals surface area (Å²) >= 11 is 1.59. The summed E-state index contributed by atoms with van der Waals surface area (Å²) in [6.07, 6.45) is 1.46.